The molecule has 1 aliphatic heterocycles. The average Bonchev–Trinajstić information content (AvgIpc) is 3.11. The van der Waals surface area contributed by atoms with Crippen LogP contribution in [0.4, 0.5) is 11.8 Å². The molecule has 0 aromatic carbocycles. The van der Waals surface area contributed by atoms with Crippen LogP contribution in [0.3, 0.4) is 0 Å². The van der Waals surface area contributed by atoms with E-state index in [9.17, 15) is 0 Å². The van der Waals surface area contributed by atoms with E-state index in [1.807, 2.05) is 24.7 Å². The molecule has 2 N–H and O–H groups in total. The molecule has 0 spiro atoms. The fourth-order valence-corrected chi connectivity index (χ4v) is 3.39. The molecule has 0 bridgehead atoms. The van der Waals surface area contributed by atoms with Gasteiger partial charge >= 0.3 is 0 Å². The number of hydrogen-bond acceptors (Lipinski definition) is 6. The van der Waals surface area contributed by atoms with Gasteiger partial charge in [0.1, 0.15) is 11.6 Å². The van der Waals surface area contributed by atoms with Crippen molar-refractivity contribution in [3.63, 3.8) is 0 Å². The van der Waals surface area contributed by atoms with Gasteiger partial charge in [-0.25, -0.2) is 9.97 Å². The highest BCUT2D eigenvalue weighted by molar-refractivity contribution is 5.38. The number of imidazole rings is 1. The molecule has 0 radical (unpaired) electrons. The highest BCUT2D eigenvalue weighted by Crippen LogP contribution is 2.28. The maximum Gasteiger partial charge on any atom is 0.227 e. The molecule has 1 fully saturated rings. The molecule has 0 amide bonds. The van der Waals surface area contributed by atoms with Crippen molar-refractivity contribution in [1.29, 1.82) is 0 Å². The molecule has 1 atom stereocenters. The summed E-state index contributed by atoms with van der Waals surface area (Å²) >= 11 is 0. The van der Waals surface area contributed by atoms with Gasteiger partial charge in [0, 0.05) is 50.0 Å². The van der Waals surface area contributed by atoms with E-state index in [4.69, 9.17) is 5.73 Å². The van der Waals surface area contributed by atoms with E-state index in [-0.39, 0.29) is 0 Å². The van der Waals surface area contributed by atoms with Gasteiger partial charge in [0.2, 0.25) is 5.95 Å². The molecule has 0 saturated carbocycles. The Labute approximate surface area is 146 Å². The summed E-state index contributed by atoms with van der Waals surface area (Å²) in [5, 5.41) is 0. The number of piperidine rings is 1. The Bertz CT molecular complexity index is 830. The Morgan fingerprint density at radius 2 is 2.12 bits per heavy atom. The van der Waals surface area contributed by atoms with E-state index in [1.54, 1.807) is 18.5 Å². The Hall–Kier alpha value is -2.96. The first-order valence-electron chi connectivity index (χ1n) is 8.53. The molecule has 3 aromatic rings. The molecular formula is C18H21N7. The second-order valence-corrected chi connectivity index (χ2v) is 6.34. The van der Waals surface area contributed by atoms with Crippen molar-refractivity contribution >= 4 is 11.8 Å². The predicted octanol–water partition coefficient (Wildman–Crippen LogP) is 2.08. The van der Waals surface area contributed by atoms with Crippen LogP contribution in [-0.2, 0) is 6.54 Å². The SMILES string of the molecule is Nc1ccnc(N2CCCC(c3nccn3Cc3cccnc3)C2)n1. The summed E-state index contributed by atoms with van der Waals surface area (Å²) in [6, 6.07) is 5.77. The Morgan fingerprint density at radius 1 is 1.16 bits per heavy atom. The summed E-state index contributed by atoms with van der Waals surface area (Å²) in [7, 11) is 0. The average molecular weight is 335 g/mol. The zero-order chi connectivity index (χ0) is 17.1. The molecule has 4 heterocycles. The highest BCUT2D eigenvalue weighted by atomic mass is 15.3. The van der Waals surface area contributed by atoms with E-state index in [1.165, 1.54) is 5.56 Å². The lowest BCUT2D eigenvalue weighted by molar-refractivity contribution is 0.471. The first-order valence-corrected chi connectivity index (χ1v) is 8.53. The molecule has 0 aliphatic carbocycles. The van der Waals surface area contributed by atoms with Crippen molar-refractivity contribution in [2.75, 3.05) is 23.7 Å². The quantitative estimate of drug-likeness (QED) is 0.786. The van der Waals surface area contributed by atoms with Crippen LogP contribution < -0.4 is 10.6 Å². The molecule has 25 heavy (non-hydrogen) atoms. The monoisotopic (exact) mass is 335 g/mol. The van der Waals surface area contributed by atoms with E-state index in [0.717, 1.165) is 38.3 Å². The third-order valence-corrected chi connectivity index (χ3v) is 4.56. The van der Waals surface area contributed by atoms with Crippen molar-refractivity contribution in [2.45, 2.75) is 25.3 Å². The van der Waals surface area contributed by atoms with Crippen molar-refractivity contribution in [3.05, 3.63) is 60.6 Å². The van der Waals surface area contributed by atoms with E-state index < -0.39 is 0 Å². The van der Waals surface area contributed by atoms with E-state index in [2.05, 4.69) is 35.5 Å². The minimum Gasteiger partial charge on any atom is -0.384 e. The third kappa shape index (κ3) is 3.45. The van der Waals surface area contributed by atoms with Crippen molar-refractivity contribution < 1.29 is 0 Å². The normalized spacial score (nSPS) is 17.6. The van der Waals surface area contributed by atoms with Gasteiger partial charge in [0.25, 0.3) is 0 Å². The van der Waals surface area contributed by atoms with Crippen LogP contribution in [0.2, 0.25) is 0 Å². The standard InChI is InChI=1S/C18H21N7/c19-16-5-7-22-18(23-16)25-9-2-4-15(13-25)17-21-8-10-24(17)12-14-3-1-6-20-11-14/h1,3,5-8,10-11,15H,2,4,9,12-13H2,(H2,19,22,23). The fourth-order valence-electron chi connectivity index (χ4n) is 3.39. The van der Waals surface area contributed by atoms with Gasteiger partial charge in [0.15, 0.2) is 0 Å². The number of nitrogens with two attached hydrogens (primary N) is 1. The topological polar surface area (TPSA) is 85.8 Å². The largest absolute Gasteiger partial charge is 0.384 e. The lowest BCUT2D eigenvalue weighted by atomic mass is 9.97. The van der Waals surface area contributed by atoms with Crippen LogP contribution in [0.5, 0.6) is 0 Å². The summed E-state index contributed by atoms with van der Waals surface area (Å²) in [5.74, 6) is 2.67. The molecule has 1 saturated heterocycles. The molecule has 1 aliphatic rings. The van der Waals surface area contributed by atoms with E-state index >= 15 is 0 Å². The smallest absolute Gasteiger partial charge is 0.227 e. The van der Waals surface area contributed by atoms with E-state index in [0.29, 0.717) is 17.7 Å². The fraction of sp³-hybridized carbons (Fsp3) is 0.333. The van der Waals surface area contributed by atoms with Crippen molar-refractivity contribution in [2.24, 2.45) is 0 Å². The summed E-state index contributed by atoms with van der Waals surface area (Å²) in [5.41, 5.74) is 6.98. The van der Waals surface area contributed by atoms with Crippen LogP contribution in [0.25, 0.3) is 0 Å². The van der Waals surface area contributed by atoms with Crippen LogP contribution in [0.1, 0.15) is 30.1 Å². The molecular weight excluding hydrogens is 314 g/mol. The van der Waals surface area contributed by atoms with Gasteiger partial charge < -0.3 is 15.2 Å². The second kappa shape index (κ2) is 6.88. The molecule has 1 unspecified atom stereocenters. The number of nitrogens with zero attached hydrogens (tertiary/aromatic N) is 6. The zero-order valence-corrected chi connectivity index (χ0v) is 14.0. The maximum absolute atomic E-state index is 5.80. The second-order valence-electron chi connectivity index (χ2n) is 6.34. The number of nitrogen functional groups attached to an aromatic ring is 1. The minimum absolute atomic E-state index is 0.352. The van der Waals surface area contributed by atoms with Crippen LogP contribution in [0, 0.1) is 0 Å². The molecule has 128 valence electrons. The van der Waals surface area contributed by atoms with Gasteiger partial charge in [-0.15, -0.1) is 0 Å². The van der Waals surface area contributed by atoms with Gasteiger partial charge in [0.05, 0.1) is 6.54 Å². The van der Waals surface area contributed by atoms with Crippen molar-refractivity contribution in [3.8, 4) is 0 Å². The summed E-state index contributed by atoms with van der Waals surface area (Å²) in [6.07, 6.45) is 11.5. The number of hydrogen-bond donors (Lipinski definition) is 1. The van der Waals surface area contributed by atoms with Gasteiger partial charge in [-0.05, 0) is 30.5 Å². The number of rotatable bonds is 4. The summed E-state index contributed by atoms with van der Waals surface area (Å²) in [4.78, 5) is 19.8. The molecule has 7 heteroatoms. The molecule has 7 nitrogen and oxygen atoms in total. The van der Waals surface area contributed by atoms with Gasteiger partial charge in [-0.3, -0.25) is 4.98 Å². The Kier molecular flexibility index (Phi) is 4.28. The lowest BCUT2D eigenvalue weighted by Crippen LogP contribution is -2.36. The van der Waals surface area contributed by atoms with Crippen molar-refractivity contribution in [1.82, 2.24) is 24.5 Å². The molecule has 4 rings (SSSR count). The summed E-state index contributed by atoms with van der Waals surface area (Å²) < 4.78 is 2.21. The van der Waals surface area contributed by atoms with Crippen LogP contribution >= 0.6 is 0 Å². The van der Waals surface area contributed by atoms with Crippen LogP contribution in [0.15, 0.2) is 49.2 Å². The number of aromatic nitrogens is 5. The lowest BCUT2D eigenvalue weighted by Gasteiger charge is -2.32. The first kappa shape index (κ1) is 15.6. The first-order chi connectivity index (χ1) is 12.3. The maximum atomic E-state index is 5.80. The molecule has 3 aromatic heterocycles. The third-order valence-electron chi connectivity index (χ3n) is 4.56. The van der Waals surface area contributed by atoms with Gasteiger partial charge in [-0.2, -0.15) is 4.98 Å². The number of pyridine rings is 1. The predicted molar refractivity (Wildman–Crippen MR) is 96.2 cm³/mol. The highest BCUT2D eigenvalue weighted by Gasteiger charge is 2.26. The minimum atomic E-state index is 0.352. The Morgan fingerprint density at radius 3 is 2.96 bits per heavy atom. The zero-order valence-electron chi connectivity index (χ0n) is 14.0. The summed E-state index contributed by atoms with van der Waals surface area (Å²) in [6.45, 7) is 2.59. The Balaban J connectivity index is 1.53. The van der Waals surface area contributed by atoms with Gasteiger partial charge in [-0.1, -0.05) is 6.07 Å². The number of anilines is 2. The van der Waals surface area contributed by atoms with Crippen LogP contribution in [-0.4, -0.2) is 37.6 Å².